The smallest absolute Gasteiger partial charge is 0.118 e. The molecule has 0 aliphatic heterocycles. The molecule has 8 unspecified atom stereocenters. The van der Waals surface area contributed by atoms with Crippen LogP contribution in [0.1, 0.15) is 149 Å². The van der Waals surface area contributed by atoms with Crippen LogP contribution in [0.15, 0.2) is 72.8 Å². The van der Waals surface area contributed by atoms with E-state index in [9.17, 15) is 0 Å². The molecule has 0 heterocycles. The van der Waals surface area contributed by atoms with E-state index >= 15 is 0 Å². The number of fused-ring (bicyclic) bond motifs is 10. The third-order valence-corrected chi connectivity index (χ3v) is 12.0. The first-order valence-corrected chi connectivity index (χ1v) is 21.6. The number of hydrogen-bond donors (Lipinski definition) is 3. The lowest BCUT2D eigenvalue weighted by atomic mass is 9.82. The van der Waals surface area contributed by atoms with E-state index in [0.29, 0.717) is 17.2 Å². The van der Waals surface area contributed by atoms with Crippen LogP contribution in [-0.4, -0.2) is 15.3 Å². The predicted octanol–water partition coefficient (Wildman–Crippen LogP) is 14.9. The van der Waals surface area contributed by atoms with Crippen molar-refractivity contribution in [1.29, 1.82) is 0 Å². The van der Waals surface area contributed by atoms with Gasteiger partial charge in [0.2, 0.25) is 0 Å². The summed E-state index contributed by atoms with van der Waals surface area (Å²) in [7, 11) is 0. The number of benzene rings is 3. The lowest BCUT2D eigenvalue weighted by molar-refractivity contribution is 0.259. The molecule has 0 saturated heterocycles. The van der Waals surface area contributed by atoms with Crippen molar-refractivity contribution < 1.29 is 15.3 Å². The SMILES string of the molecule is C1CC2C3CCC(C3)C2C1.C1CC2C3CCC(C3)C2C1.CC.CC.CC.CC.Cc1ccccc1O.Cc1ccccc1O.Cc1ccccc1O. The number of rotatable bonds is 0. The summed E-state index contributed by atoms with van der Waals surface area (Å²) < 4.78 is 0. The van der Waals surface area contributed by atoms with Crippen molar-refractivity contribution >= 4 is 0 Å². The summed E-state index contributed by atoms with van der Waals surface area (Å²) in [6.07, 6.45) is 19.1. The molecular weight excluding hydrogens is 637 g/mol. The third-order valence-electron chi connectivity index (χ3n) is 12.0. The van der Waals surface area contributed by atoms with Gasteiger partial charge in [0, 0.05) is 0 Å². The largest absolute Gasteiger partial charge is 0.508 e. The van der Waals surface area contributed by atoms with E-state index in [0.717, 1.165) is 16.7 Å². The van der Waals surface area contributed by atoms with Gasteiger partial charge in [-0.05, 0) is 167 Å². The quantitative estimate of drug-likeness (QED) is 0.217. The fourth-order valence-corrected chi connectivity index (χ4v) is 9.73. The first-order valence-electron chi connectivity index (χ1n) is 21.6. The van der Waals surface area contributed by atoms with Gasteiger partial charge in [-0.15, -0.1) is 0 Å². The van der Waals surface area contributed by atoms with Gasteiger partial charge in [0.25, 0.3) is 0 Å². The molecule has 294 valence electrons. The van der Waals surface area contributed by atoms with E-state index in [2.05, 4.69) is 0 Å². The molecule has 4 bridgehead atoms. The van der Waals surface area contributed by atoms with Crippen LogP contribution in [0.2, 0.25) is 0 Å². The molecular formula is C49H80O3. The zero-order valence-electron chi connectivity index (χ0n) is 35.4. The Morgan fingerprint density at radius 1 is 0.346 bits per heavy atom. The Hall–Kier alpha value is -2.94. The molecule has 0 radical (unpaired) electrons. The molecule has 8 atom stereocenters. The lowest BCUT2D eigenvalue weighted by Crippen LogP contribution is -2.15. The normalized spacial score (nSPS) is 26.8. The molecule has 6 aliphatic rings. The minimum Gasteiger partial charge on any atom is -0.508 e. The molecule has 6 fully saturated rings. The standard InChI is InChI=1S/2C10H16.3C7H8O.4C2H6/c2*1-2-9-7-4-5-8(6-7)10(9)3-1;3*1-6-4-2-3-5-7(6)8;4*1-2/h2*7-10H,1-6H2;3*2-5,8H,1H3;4*1-2H3. The molecule has 52 heavy (non-hydrogen) atoms. The second kappa shape index (κ2) is 26.8. The molecule has 3 aromatic carbocycles. The van der Waals surface area contributed by atoms with E-state index in [4.69, 9.17) is 15.3 Å². The fraction of sp³-hybridized carbons (Fsp3) is 0.633. The lowest BCUT2D eigenvalue weighted by Gasteiger charge is -2.23. The topological polar surface area (TPSA) is 60.7 Å². The van der Waals surface area contributed by atoms with Crippen molar-refractivity contribution in [3.63, 3.8) is 0 Å². The highest BCUT2D eigenvalue weighted by molar-refractivity contribution is 5.31. The zero-order chi connectivity index (χ0) is 39.1. The number of aryl methyl sites for hydroxylation is 3. The minimum absolute atomic E-state index is 0.368. The van der Waals surface area contributed by atoms with Crippen LogP contribution in [0.25, 0.3) is 0 Å². The van der Waals surface area contributed by atoms with Crippen LogP contribution in [0.5, 0.6) is 17.2 Å². The summed E-state index contributed by atoms with van der Waals surface area (Å²) in [4.78, 5) is 0. The van der Waals surface area contributed by atoms with Gasteiger partial charge in [-0.1, -0.05) is 123 Å². The maximum absolute atomic E-state index is 8.92. The van der Waals surface area contributed by atoms with Gasteiger partial charge in [-0.3, -0.25) is 0 Å². The summed E-state index contributed by atoms with van der Waals surface area (Å²) in [5.74, 6) is 10.7. The van der Waals surface area contributed by atoms with Crippen molar-refractivity contribution in [3.8, 4) is 17.2 Å². The highest BCUT2D eigenvalue weighted by atomic mass is 16.3. The van der Waals surface area contributed by atoms with Crippen LogP contribution >= 0.6 is 0 Å². The molecule has 0 aromatic heterocycles. The van der Waals surface area contributed by atoms with Crippen molar-refractivity contribution in [2.45, 2.75) is 153 Å². The average Bonchev–Trinajstić information content (AvgIpc) is 4.05. The van der Waals surface area contributed by atoms with Crippen molar-refractivity contribution in [3.05, 3.63) is 89.5 Å². The van der Waals surface area contributed by atoms with Crippen molar-refractivity contribution in [2.75, 3.05) is 0 Å². The van der Waals surface area contributed by atoms with E-state index in [1.807, 2.05) is 131 Å². The summed E-state index contributed by atoms with van der Waals surface area (Å²) >= 11 is 0. The summed E-state index contributed by atoms with van der Waals surface area (Å²) in [5, 5.41) is 26.8. The van der Waals surface area contributed by atoms with Crippen molar-refractivity contribution in [2.24, 2.45) is 47.3 Å². The minimum atomic E-state index is 0.368. The van der Waals surface area contributed by atoms with Crippen LogP contribution in [0, 0.1) is 68.1 Å². The Morgan fingerprint density at radius 3 is 0.731 bits per heavy atom. The van der Waals surface area contributed by atoms with Gasteiger partial charge < -0.3 is 15.3 Å². The first-order chi connectivity index (χ1) is 25.3. The highest BCUT2D eigenvalue weighted by Crippen LogP contribution is 2.59. The number of phenols is 3. The molecule has 0 spiro atoms. The molecule has 9 rings (SSSR count). The molecule has 3 heteroatoms. The van der Waals surface area contributed by atoms with Crippen LogP contribution < -0.4 is 0 Å². The van der Waals surface area contributed by atoms with Gasteiger partial charge in [0.05, 0.1) is 0 Å². The third kappa shape index (κ3) is 14.1. The molecule has 0 amide bonds. The molecule has 6 aliphatic carbocycles. The number of hydrogen-bond acceptors (Lipinski definition) is 3. The summed E-state index contributed by atoms with van der Waals surface area (Å²) in [6, 6.07) is 21.8. The zero-order valence-corrected chi connectivity index (χ0v) is 35.4. The summed E-state index contributed by atoms with van der Waals surface area (Å²) in [6.45, 7) is 21.6. The molecule has 3 nitrogen and oxygen atoms in total. The van der Waals surface area contributed by atoms with E-state index in [1.54, 1.807) is 95.2 Å². The van der Waals surface area contributed by atoms with Gasteiger partial charge >= 0.3 is 0 Å². The Morgan fingerprint density at radius 2 is 0.558 bits per heavy atom. The second-order valence-electron chi connectivity index (χ2n) is 14.5. The molecule has 3 aromatic rings. The van der Waals surface area contributed by atoms with Crippen LogP contribution in [0.4, 0.5) is 0 Å². The Kier molecular flexibility index (Phi) is 24.2. The Labute approximate surface area is 321 Å². The number of aromatic hydroxyl groups is 3. The van der Waals surface area contributed by atoms with Gasteiger partial charge in [0.1, 0.15) is 17.2 Å². The maximum Gasteiger partial charge on any atom is 0.118 e. The highest BCUT2D eigenvalue weighted by Gasteiger charge is 2.49. The van der Waals surface area contributed by atoms with Gasteiger partial charge in [-0.25, -0.2) is 0 Å². The predicted molar refractivity (Wildman–Crippen MR) is 227 cm³/mol. The number of phenolic OH excluding ortho intramolecular Hbond substituents is 3. The maximum atomic E-state index is 8.92. The monoisotopic (exact) mass is 717 g/mol. The average molecular weight is 717 g/mol. The van der Waals surface area contributed by atoms with Gasteiger partial charge in [0.15, 0.2) is 0 Å². The Bertz CT molecular complexity index is 1080. The van der Waals surface area contributed by atoms with Gasteiger partial charge in [-0.2, -0.15) is 0 Å². The van der Waals surface area contributed by atoms with Crippen LogP contribution in [-0.2, 0) is 0 Å². The number of para-hydroxylation sites is 3. The first kappa shape index (κ1) is 47.1. The fourth-order valence-electron chi connectivity index (χ4n) is 9.73. The Balaban J connectivity index is 0.000000311. The van der Waals surface area contributed by atoms with E-state index in [-0.39, 0.29) is 0 Å². The van der Waals surface area contributed by atoms with Crippen molar-refractivity contribution in [1.82, 2.24) is 0 Å². The second-order valence-corrected chi connectivity index (χ2v) is 14.5. The summed E-state index contributed by atoms with van der Waals surface area (Å²) in [5.41, 5.74) is 2.77. The van der Waals surface area contributed by atoms with E-state index < -0.39 is 0 Å². The van der Waals surface area contributed by atoms with E-state index in [1.165, 1.54) is 47.3 Å². The van der Waals surface area contributed by atoms with Crippen LogP contribution in [0.3, 0.4) is 0 Å². The molecule has 6 saturated carbocycles. The molecule has 3 N–H and O–H groups in total.